The van der Waals surface area contributed by atoms with Crippen LogP contribution in [0.25, 0.3) is 0 Å². The van der Waals surface area contributed by atoms with Crippen molar-refractivity contribution in [3.63, 3.8) is 0 Å². The average Bonchev–Trinajstić information content (AvgIpc) is 2.42. The quantitative estimate of drug-likeness (QED) is 0.847. The molecule has 1 N–H and O–H groups in total. The van der Waals surface area contributed by atoms with E-state index in [1.54, 1.807) is 7.11 Å². The first kappa shape index (κ1) is 11.9. The summed E-state index contributed by atoms with van der Waals surface area (Å²) in [6.45, 7) is 2.84. The molecule has 2 rings (SSSR count). The number of rotatable bonds is 2. The van der Waals surface area contributed by atoms with Gasteiger partial charge in [0.05, 0.1) is 19.8 Å². The van der Waals surface area contributed by atoms with Crippen molar-refractivity contribution in [2.75, 3.05) is 13.7 Å². The highest BCUT2D eigenvalue weighted by atomic mass is 79.9. The average molecular weight is 286 g/mol. The maximum atomic E-state index is 5.79. The second-order valence-electron chi connectivity index (χ2n) is 4.01. The molecule has 0 fully saturated rings. The van der Waals surface area contributed by atoms with Crippen molar-refractivity contribution in [2.45, 2.75) is 25.8 Å². The topological polar surface area (TPSA) is 30.5 Å². The number of hydrogen-bond donors (Lipinski definition) is 1. The number of ether oxygens (including phenoxy) is 1. The highest BCUT2D eigenvalue weighted by Crippen LogP contribution is 2.36. The van der Waals surface area contributed by atoms with Crippen molar-refractivity contribution < 1.29 is 9.57 Å². The molecule has 4 heteroatoms. The number of hydroxylamine groups is 1. The Bertz CT molecular complexity index is 382. The van der Waals surface area contributed by atoms with E-state index < -0.39 is 0 Å². The van der Waals surface area contributed by atoms with Crippen molar-refractivity contribution >= 4 is 15.9 Å². The lowest BCUT2D eigenvalue weighted by Crippen LogP contribution is -2.19. The summed E-state index contributed by atoms with van der Waals surface area (Å²) in [5, 5.41) is 0. The van der Waals surface area contributed by atoms with Gasteiger partial charge in [-0.3, -0.25) is 0 Å². The maximum Gasteiger partial charge on any atom is 0.127 e. The van der Waals surface area contributed by atoms with E-state index in [2.05, 4.69) is 40.5 Å². The molecule has 3 nitrogen and oxygen atoms in total. The summed E-state index contributed by atoms with van der Waals surface area (Å²) in [7, 11) is 1.65. The first-order chi connectivity index (χ1) is 7.72. The summed E-state index contributed by atoms with van der Waals surface area (Å²) in [5.41, 5.74) is 5.37. The van der Waals surface area contributed by atoms with E-state index in [4.69, 9.17) is 9.57 Å². The van der Waals surface area contributed by atoms with Crippen LogP contribution in [-0.2, 0) is 4.84 Å². The van der Waals surface area contributed by atoms with Gasteiger partial charge in [-0.05, 0) is 37.5 Å². The van der Waals surface area contributed by atoms with Crippen molar-refractivity contribution in [1.29, 1.82) is 0 Å². The SMILES string of the molecule is CONC1CCCOc2c(C)cc(Br)cc21. The zero-order valence-corrected chi connectivity index (χ0v) is 11.1. The molecular formula is C12H16BrNO2. The van der Waals surface area contributed by atoms with Gasteiger partial charge in [-0.2, -0.15) is 5.48 Å². The molecule has 0 amide bonds. The van der Waals surface area contributed by atoms with Crippen LogP contribution in [-0.4, -0.2) is 13.7 Å². The number of fused-ring (bicyclic) bond motifs is 1. The molecule has 1 aliphatic heterocycles. The first-order valence-electron chi connectivity index (χ1n) is 5.43. The lowest BCUT2D eigenvalue weighted by molar-refractivity contribution is 0.0579. The maximum absolute atomic E-state index is 5.79. The summed E-state index contributed by atoms with van der Waals surface area (Å²) in [6, 6.07) is 4.39. The van der Waals surface area contributed by atoms with E-state index in [9.17, 15) is 0 Å². The van der Waals surface area contributed by atoms with Gasteiger partial charge >= 0.3 is 0 Å². The number of aryl methyl sites for hydroxylation is 1. The summed E-state index contributed by atoms with van der Waals surface area (Å²) in [5.74, 6) is 0.996. The Labute approximate surface area is 104 Å². The molecule has 0 aliphatic carbocycles. The Kier molecular flexibility index (Phi) is 3.84. The van der Waals surface area contributed by atoms with Gasteiger partial charge in [-0.15, -0.1) is 0 Å². The molecule has 16 heavy (non-hydrogen) atoms. The predicted octanol–water partition coefficient (Wildman–Crippen LogP) is 3.12. The largest absolute Gasteiger partial charge is 0.493 e. The van der Waals surface area contributed by atoms with Gasteiger partial charge in [0.2, 0.25) is 0 Å². The van der Waals surface area contributed by atoms with E-state index >= 15 is 0 Å². The fraction of sp³-hybridized carbons (Fsp3) is 0.500. The van der Waals surface area contributed by atoms with Crippen LogP contribution in [0, 0.1) is 6.92 Å². The monoisotopic (exact) mass is 285 g/mol. The summed E-state index contributed by atoms with van der Waals surface area (Å²) in [6.07, 6.45) is 2.06. The van der Waals surface area contributed by atoms with E-state index in [0.717, 1.165) is 35.2 Å². The van der Waals surface area contributed by atoms with E-state index in [1.165, 1.54) is 5.56 Å². The summed E-state index contributed by atoms with van der Waals surface area (Å²) in [4.78, 5) is 5.05. The van der Waals surface area contributed by atoms with Crippen LogP contribution in [0.5, 0.6) is 5.75 Å². The predicted molar refractivity (Wildman–Crippen MR) is 66.5 cm³/mol. The molecule has 0 radical (unpaired) electrons. The molecule has 0 saturated heterocycles. The van der Waals surface area contributed by atoms with Gasteiger partial charge in [0, 0.05) is 10.0 Å². The van der Waals surface area contributed by atoms with Gasteiger partial charge in [0.1, 0.15) is 5.75 Å². The lowest BCUT2D eigenvalue weighted by Gasteiger charge is -2.18. The Balaban J connectivity index is 2.43. The van der Waals surface area contributed by atoms with Crippen molar-refractivity contribution in [3.8, 4) is 5.75 Å². The third-order valence-electron chi connectivity index (χ3n) is 2.79. The van der Waals surface area contributed by atoms with Gasteiger partial charge in [0.25, 0.3) is 0 Å². The lowest BCUT2D eigenvalue weighted by atomic mass is 10.0. The molecule has 1 aromatic rings. The normalized spacial score (nSPS) is 19.8. The van der Waals surface area contributed by atoms with Crippen molar-refractivity contribution in [1.82, 2.24) is 5.48 Å². The minimum absolute atomic E-state index is 0.207. The minimum Gasteiger partial charge on any atom is -0.493 e. The third kappa shape index (κ3) is 2.39. The molecule has 0 saturated carbocycles. The number of hydrogen-bond acceptors (Lipinski definition) is 3. The Morgan fingerprint density at radius 1 is 1.50 bits per heavy atom. The van der Waals surface area contributed by atoms with Crippen LogP contribution in [0.1, 0.15) is 30.0 Å². The summed E-state index contributed by atoms with van der Waals surface area (Å²) < 4.78 is 6.88. The molecule has 1 unspecified atom stereocenters. The zero-order chi connectivity index (χ0) is 11.5. The van der Waals surface area contributed by atoms with Crippen molar-refractivity contribution in [2.24, 2.45) is 0 Å². The van der Waals surface area contributed by atoms with E-state index in [0.29, 0.717) is 0 Å². The fourth-order valence-electron chi connectivity index (χ4n) is 2.09. The first-order valence-corrected chi connectivity index (χ1v) is 6.23. The minimum atomic E-state index is 0.207. The number of benzene rings is 1. The highest BCUT2D eigenvalue weighted by Gasteiger charge is 2.21. The molecule has 88 valence electrons. The fourth-order valence-corrected chi connectivity index (χ4v) is 2.68. The van der Waals surface area contributed by atoms with Crippen LogP contribution < -0.4 is 10.2 Å². The zero-order valence-electron chi connectivity index (χ0n) is 9.55. The second kappa shape index (κ2) is 5.17. The Hall–Kier alpha value is -0.580. The molecule has 0 aromatic heterocycles. The van der Waals surface area contributed by atoms with E-state index in [-0.39, 0.29) is 6.04 Å². The molecule has 1 atom stereocenters. The van der Waals surface area contributed by atoms with Gasteiger partial charge in [-0.1, -0.05) is 15.9 Å². The van der Waals surface area contributed by atoms with Crippen LogP contribution >= 0.6 is 15.9 Å². The number of nitrogens with one attached hydrogen (secondary N) is 1. The molecule has 1 heterocycles. The van der Waals surface area contributed by atoms with Crippen molar-refractivity contribution in [3.05, 3.63) is 27.7 Å². The van der Waals surface area contributed by atoms with E-state index in [1.807, 2.05) is 0 Å². The Morgan fingerprint density at radius 3 is 3.06 bits per heavy atom. The number of halogens is 1. The van der Waals surface area contributed by atoms with Crippen LogP contribution in [0.4, 0.5) is 0 Å². The second-order valence-corrected chi connectivity index (χ2v) is 4.92. The van der Waals surface area contributed by atoms with Crippen LogP contribution in [0.2, 0.25) is 0 Å². The Morgan fingerprint density at radius 2 is 2.31 bits per heavy atom. The van der Waals surface area contributed by atoms with Gasteiger partial charge < -0.3 is 9.57 Å². The highest BCUT2D eigenvalue weighted by molar-refractivity contribution is 9.10. The smallest absolute Gasteiger partial charge is 0.127 e. The summed E-state index contributed by atoms with van der Waals surface area (Å²) >= 11 is 3.52. The molecule has 1 aliphatic rings. The van der Waals surface area contributed by atoms with Gasteiger partial charge in [-0.25, -0.2) is 0 Å². The van der Waals surface area contributed by atoms with Crippen LogP contribution in [0.15, 0.2) is 16.6 Å². The van der Waals surface area contributed by atoms with Gasteiger partial charge in [0.15, 0.2) is 0 Å². The van der Waals surface area contributed by atoms with Crippen LogP contribution in [0.3, 0.4) is 0 Å². The molecular weight excluding hydrogens is 270 g/mol. The standard InChI is InChI=1S/C12H16BrNO2/c1-8-6-9(13)7-10-11(14-15-2)4-3-5-16-12(8)10/h6-7,11,14H,3-5H2,1-2H3. The molecule has 1 aromatic carbocycles. The third-order valence-corrected chi connectivity index (χ3v) is 3.25. The molecule has 0 spiro atoms. The molecule has 0 bridgehead atoms.